The highest BCUT2D eigenvalue weighted by Gasteiger charge is 2.14. The van der Waals surface area contributed by atoms with Crippen LogP contribution in [0, 0.1) is 6.92 Å². The molecule has 4 nitrogen and oxygen atoms in total. The maximum Gasteiger partial charge on any atom is 0.0865 e. The average Bonchev–Trinajstić information content (AvgIpc) is 2.87. The average molecular weight is 295 g/mol. The molecular formula is C15H23ClN4. The molecule has 0 aliphatic heterocycles. The molecule has 20 heavy (non-hydrogen) atoms. The number of aryl methyl sites for hydroxylation is 2. The molecule has 0 amide bonds. The molecule has 0 unspecified atom stereocenters. The molecule has 0 bridgehead atoms. The number of hydrogen-bond acceptors (Lipinski definition) is 2. The number of aromatic nitrogens is 3. The van der Waals surface area contributed by atoms with Gasteiger partial charge in [0.1, 0.15) is 0 Å². The molecular weight excluding hydrogens is 272 g/mol. The van der Waals surface area contributed by atoms with Crippen molar-refractivity contribution in [3.63, 3.8) is 0 Å². The summed E-state index contributed by atoms with van der Waals surface area (Å²) in [6.45, 7) is 10.0. The molecule has 0 aliphatic rings. The first-order valence-corrected chi connectivity index (χ1v) is 7.23. The maximum atomic E-state index is 6.32. The van der Waals surface area contributed by atoms with Gasteiger partial charge >= 0.3 is 0 Å². The second-order valence-electron chi connectivity index (χ2n) is 6.20. The molecule has 2 aromatic rings. The van der Waals surface area contributed by atoms with Crippen molar-refractivity contribution in [2.75, 3.05) is 0 Å². The first-order chi connectivity index (χ1) is 9.28. The normalized spacial score (nSPS) is 12.1. The van der Waals surface area contributed by atoms with Gasteiger partial charge in [-0.1, -0.05) is 11.6 Å². The van der Waals surface area contributed by atoms with Crippen molar-refractivity contribution < 1.29 is 0 Å². The summed E-state index contributed by atoms with van der Waals surface area (Å²) in [5.74, 6) is 0. The van der Waals surface area contributed by atoms with Gasteiger partial charge in [-0.2, -0.15) is 5.10 Å². The topological polar surface area (TPSA) is 34.8 Å². The minimum Gasteiger partial charge on any atom is -0.344 e. The Labute approximate surface area is 125 Å². The lowest BCUT2D eigenvalue weighted by atomic mass is 10.1. The van der Waals surface area contributed by atoms with E-state index in [1.807, 2.05) is 18.7 Å². The maximum absolute atomic E-state index is 6.32. The fourth-order valence-electron chi connectivity index (χ4n) is 2.13. The van der Waals surface area contributed by atoms with Crippen LogP contribution in [0.15, 0.2) is 18.3 Å². The van der Waals surface area contributed by atoms with Gasteiger partial charge in [0, 0.05) is 31.0 Å². The quantitative estimate of drug-likeness (QED) is 0.940. The van der Waals surface area contributed by atoms with Gasteiger partial charge in [-0.05, 0) is 39.8 Å². The SMILES string of the molecule is Cc1nn(C)c(Cn2cccc2CNC(C)(C)C)c1Cl. The minimum absolute atomic E-state index is 0.107. The zero-order chi connectivity index (χ0) is 14.9. The molecule has 0 saturated carbocycles. The molecule has 0 aromatic carbocycles. The number of rotatable bonds is 4. The molecule has 0 atom stereocenters. The van der Waals surface area contributed by atoms with E-state index in [1.165, 1.54) is 5.69 Å². The van der Waals surface area contributed by atoms with E-state index < -0.39 is 0 Å². The van der Waals surface area contributed by atoms with E-state index >= 15 is 0 Å². The summed E-state index contributed by atoms with van der Waals surface area (Å²) in [6, 6.07) is 4.20. The van der Waals surface area contributed by atoms with E-state index in [4.69, 9.17) is 11.6 Å². The number of nitrogens with zero attached hydrogens (tertiary/aromatic N) is 3. The van der Waals surface area contributed by atoms with Crippen molar-refractivity contribution in [3.05, 3.63) is 40.4 Å². The summed E-state index contributed by atoms with van der Waals surface area (Å²) < 4.78 is 4.07. The fourth-order valence-corrected chi connectivity index (χ4v) is 2.35. The van der Waals surface area contributed by atoms with Crippen LogP contribution in [0.5, 0.6) is 0 Å². The van der Waals surface area contributed by atoms with Crippen molar-refractivity contribution in [2.45, 2.75) is 46.3 Å². The molecule has 2 aromatic heterocycles. The first-order valence-electron chi connectivity index (χ1n) is 6.85. The summed E-state index contributed by atoms with van der Waals surface area (Å²) in [6.07, 6.45) is 2.08. The van der Waals surface area contributed by atoms with E-state index in [2.05, 4.69) is 54.1 Å². The van der Waals surface area contributed by atoms with Crippen molar-refractivity contribution in [2.24, 2.45) is 7.05 Å². The molecule has 5 heteroatoms. The second-order valence-corrected chi connectivity index (χ2v) is 6.58. The summed E-state index contributed by atoms with van der Waals surface area (Å²) >= 11 is 6.32. The van der Waals surface area contributed by atoms with Crippen LogP contribution in [0.25, 0.3) is 0 Å². The van der Waals surface area contributed by atoms with E-state index in [1.54, 1.807) is 0 Å². The van der Waals surface area contributed by atoms with E-state index in [0.717, 1.165) is 29.5 Å². The highest BCUT2D eigenvalue weighted by Crippen LogP contribution is 2.21. The van der Waals surface area contributed by atoms with Crippen LogP contribution in [0.4, 0.5) is 0 Å². The van der Waals surface area contributed by atoms with Gasteiger partial charge in [0.15, 0.2) is 0 Å². The predicted octanol–water partition coefficient (Wildman–Crippen LogP) is 3.12. The van der Waals surface area contributed by atoms with Gasteiger partial charge in [-0.25, -0.2) is 0 Å². The van der Waals surface area contributed by atoms with E-state index in [-0.39, 0.29) is 5.54 Å². The van der Waals surface area contributed by atoms with Crippen LogP contribution in [0.1, 0.15) is 37.9 Å². The third-order valence-electron chi connectivity index (χ3n) is 3.31. The highest BCUT2D eigenvalue weighted by molar-refractivity contribution is 6.31. The number of halogens is 1. The molecule has 0 aliphatic carbocycles. The largest absolute Gasteiger partial charge is 0.344 e. The Bertz CT molecular complexity index is 590. The molecule has 0 radical (unpaired) electrons. The smallest absolute Gasteiger partial charge is 0.0865 e. The van der Waals surface area contributed by atoms with Crippen LogP contribution in [-0.4, -0.2) is 19.9 Å². The fraction of sp³-hybridized carbons (Fsp3) is 0.533. The second kappa shape index (κ2) is 5.62. The Morgan fingerprint density at radius 3 is 2.60 bits per heavy atom. The molecule has 2 rings (SSSR count). The van der Waals surface area contributed by atoms with Crippen molar-refractivity contribution >= 4 is 11.6 Å². The third-order valence-corrected chi connectivity index (χ3v) is 3.80. The van der Waals surface area contributed by atoms with Crippen LogP contribution >= 0.6 is 11.6 Å². The predicted molar refractivity (Wildman–Crippen MR) is 83.1 cm³/mol. The summed E-state index contributed by atoms with van der Waals surface area (Å²) in [7, 11) is 1.94. The van der Waals surface area contributed by atoms with Gasteiger partial charge < -0.3 is 9.88 Å². The minimum atomic E-state index is 0.107. The Kier molecular flexibility index (Phi) is 4.25. The van der Waals surface area contributed by atoms with Gasteiger partial charge in [0.2, 0.25) is 0 Å². The van der Waals surface area contributed by atoms with Gasteiger partial charge in [0.25, 0.3) is 0 Å². The molecule has 0 saturated heterocycles. The molecule has 110 valence electrons. The lowest BCUT2D eigenvalue weighted by molar-refractivity contribution is 0.416. The van der Waals surface area contributed by atoms with Crippen molar-refractivity contribution in [1.29, 1.82) is 0 Å². The lowest BCUT2D eigenvalue weighted by Crippen LogP contribution is -2.35. The first kappa shape index (κ1) is 15.1. The van der Waals surface area contributed by atoms with Crippen molar-refractivity contribution in [3.8, 4) is 0 Å². The van der Waals surface area contributed by atoms with Gasteiger partial charge in [0.05, 0.1) is 23.0 Å². The summed E-state index contributed by atoms with van der Waals surface area (Å²) in [5.41, 5.74) is 3.27. The monoisotopic (exact) mass is 294 g/mol. The molecule has 2 heterocycles. The highest BCUT2D eigenvalue weighted by atomic mass is 35.5. The molecule has 1 N–H and O–H groups in total. The lowest BCUT2D eigenvalue weighted by Gasteiger charge is -2.21. The third kappa shape index (κ3) is 3.44. The molecule has 0 fully saturated rings. The van der Waals surface area contributed by atoms with Crippen LogP contribution in [0.3, 0.4) is 0 Å². The van der Waals surface area contributed by atoms with Crippen molar-refractivity contribution in [1.82, 2.24) is 19.7 Å². The zero-order valence-corrected chi connectivity index (χ0v) is 13.6. The Morgan fingerprint density at radius 1 is 1.35 bits per heavy atom. The Morgan fingerprint density at radius 2 is 2.05 bits per heavy atom. The van der Waals surface area contributed by atoms with E-state index in [9.17, 15) is 0 Å². The summed E-state index contributed by atoms with van der Waals surface area (Å²) in [4.78, 5) is 0. The number of nitrogens with one attached hydrogen (secondary N) is 1. The van der Waals surface area contributed by atoms with Crippen LogP contribution < -0.4 is 5.32 Å². The zero-order valence-electron chi connectivity index (χ0n) is 12.9. The van der Waals surface area contributed by atoms with Crippen LogP contribution in [0.2, 0.25) is 5.02 Å². The van der Waals surface area contributed by atoms with Gasteiger partial charge in [-0.3, -0.25) is 4.68 Å². The Balaban J connectivity index is 2.16. The van der Waals surface area contributed by atoms with Crippen LogP contribution in [-0.2, 0) is 20.1 Å². The standard InChI is InChI=1S/C15H23ClN4/c1-11-14(16)13(19(5)18-11)10-20-8-6-7-12(20)9-17-15(2,3)4/h6-8,17H,9-10H2,1-5H3. The van der Waals surface area contributed by atoms with E-state index in [0.29, 0.717) is 0 Å². The Hall–Kier alpha value is -1.26. The summed E-state index contributed by atoms with van der Waals surface area (Å²) in [5, 5.41) is 8.63. The molecule has 0 spiro atoms. The van der Waals surface area contributed by atoms with Gasteiger partial charge in [-0.15, -0.1) is 0 Å². The number of hydrogen-bond donors (Lipinski definition) is 1.